The van der Waals surface area contributed by atoms with Gasteiger partial charge in [-0.1, -0.05) is 13.8 Å². The predicted molar refractivity (Wildman–Crippen MR) is 70.3 cm³/mol. The lowest BCUT2D eigenvalue weighted by atomic mass is 9.82. The summed E-state index contributed by atoms with van der Waals surface area (Å²) in [5.41, 5.74) is 0. The van der Waals surface area contributed by atoms with Gasteiger partial charge in [0.25, 0.3) is 5.88 Å². The summed E-state index contributed by atoms with van der Waals surface area (Å²) in [7, 11) is 1.54. The molecule has 1 aromatic rings. The maximum atomic E-state index is 13.7. The Bertz CT molecular complexity index is 443. The van der Waals surface area contributed by atoms with Crippen LogP contribution in [0.5, 0.6) is 5.88 Å². The highest BCUT2D eigenvalue weighted by Gasteiger charge is 2.26. The maximum Gasteiger partial charge on any atom is 0.252 e. The molecule has 5 heteroatoms. The normalized spacial score (nSPS) is 27.1. The Morgan fingerprint density at radius 2 is 1.79 bits per heavy atom. The lowest BCUT2D eigenvalue weighted by molar-refractivity contribution is 0.0923. The molecule has 1 saturated carbocycles. The second-order valence-corrected chi connectivity index (χ2v) is 5.51. The average molecular weight is 270 g/mol. The maximum absolute atomic E-state index is 13.7. The molecule has 0 aliphatic heterocycles. The van der Waals surface area contributed by atoms with Crippen LogP contribution in [0.3, 0.4) is 0 Å². The molecule has 2 rings (SSSR count). The van der Waals surface area contributed by atoms with Gasteiger partial charge in [0.1, 0.15) is 6.10 Å². The Balaban J connectivity index is 2.14. The topological polar surface area (TPSA) is 34.2 Å². The summed E-state index contributed by atoms with van der Waals surface area (Å²) in [5.74, 6) is -0.451. The zero-order valence-electron chi connectivity index (χ0n) is 11.5. The lowest BCUT2D eigenvalue weighted by Gasteiger charge is -2.31. The molecule has 19 heavy (non-hydrogen) atoms. The van der Waals surface area contributed by atoms with Gasteiger partial charge < -0.3 is 10.1 Å². The molecule has 0 saturated heterocycles. The van der Waals surface area contributed by atoms with Gasteiger partial charge in [-0.2, -0.15) is 4.98 Å². The fourth-order valence-electron chi connectivity index (χ4n) is 2.83. The minimum absolute atomic E-state index is 0.00769. The summed E-state index contributed by atoms with van der Waals surface area (Å²) >= 11 is 0. The van der Waals surface area contributed by atoms with Crippen molar-refractivity contribution in [3.05, 3.63) is 17.7 Å². The van der Waals surface area contributed by atoms with E-state index in [0.717, 1.165) is 18.9 Å². The van der Waals surface area contributed by atoms with Crippen molar-refractivity contribution in [2.45, 2.75) is 39.2 Å². The Hall–Kier alpha value is -1.39. The van der Waals surface area contributed by atoms with E-state index in [1.165, 1.54) is 13.5 Å². The summed E-state index contributed by atoms with van der Waals surface area (Å²) in [4.78, 5) is 3.85. The largest absolute Gasteiger partial charge is 0.472 e. The number of nitrogens with zero attached hydrogens (tertiary/aromatic N) is 1. The molecule has 3 nitrogen and oxygen atoms in total. The molecule has 2 unspecified atom stereocenters. The van der Waals surface area contributed by atoms with Crippen molar-refractivity contribution in [3.63, 3.8) is 0 Å². The van der Waals surface area contributed by atoms with Gasteiger partial charge in [-0.05, 0) is 31.1 Å². The van der Waals surface area contributed by atoms with E-state index < -0.39 is 11.6 Å². The SMILES string of the molecule is CNc1nc(OC2CC(C)CC(C)C2)c(F)cc1F. The Morgan fingerprint density at radius 3 is 2.37 bits per heavy atom. The molecule has 0 spiro atoms. The highest BCUT2D eigenvalue weighted by molar-refractivity contribution is 5.39. The average Bonchev–Trinajstić information content (AvgIpc) is 2.31. The summed E-state index contributed by atoms with van der Waals surface area (Å²) in [6.07, 6.45) is 2.90. The van der Waals surface area contributed by atoms with Crippen molar-refractivity contribution in [2.75, 3.05) is 12.4 Å². The Kier molecular flexibility index (Phi) is 4.22. The standard InChI is InChI=1S/C14H20F2N2O/c1-8-4-9(2)6-10(5-8)19-14-12(16)7-11(15)13(17-3)18-14/h7-10H,4-6H2,1-3H3,(H,17,18). The van der Waals surface area contributed by atoms with Crippen LogP contribution in [0.2, 0.25) is 0 Å². The molecule has 1 aliphatic carbocycles. The van der Waals surface area contributed by atoms with Crippen LogP contribution in [0.15, 0.2) is 6.07 Å². The molecule has 1 aromatic heterocycles. The van der Waals surface area contributed by atoms with Gasteiger partial charge in [0.05, 0.1) is 0 Å². The summed E-state index contributed by atoms with van der Waals surface area (Å²) in [6, 6.07) is 0.809. The first-order chi connectivity index (χ1) is 8.99. The van der Waals surface area contributed by atoms with Gasteiger partial charge in [0.15, 0.2) is 17.5 Å². The second-order valence-electron chi connectivity index (χ2n) is 5.51. The molecule has 106 valence electrons. The van der Waals surface area contributed by atoms with Gasteiger partial charge >= 0.3 is 0 Å². The first-order valence-electron chi connectivity index (χ1n) is 6.70. The number of nitrogens with one attached hydrogen (secondary N) is 1. The van der Waals surface area contributed by atoms with Crippen LogP contribution in [0, 0.1) is 23.5 Å². The molecule has 1 fully saturated rings. The zero-order chi connectivity index (χ0) is 14.0. The van der Waals surface area contributed by atoms with Gasteiger partial charge in [0, 0.05) is 13.1 Å². The van der Waals surface area contributed by atoms with E-state index in [1.54, 1.807) is 0 Å². The Morgan fingerprint density at radius 1 is 1.16 bits per heavy atom. The van der Waals surface area contributed by atoms with Gasteiger partial charge in [-0.25, -0.2) is 8.78 Å². The number of hydrogen-bond donors (Lipinski definition) is 1. The molecule has 0 bridgehead atoms. The third kappa shape index (κ3) is 3.33. The van der Waals surface area contributed by atoms with Gasteiger partial charge in [0.2, 0.25) is 0 Å². The van der Waals surface area contributed by atoms with E-state index in [0.29, 0.717) is 11.8 Å². The first kappa shape index (κ1) is 14.0. The third-order valence-electron chi connectivity index (χ3n) is 3.55. The minimum atomic E-state index is -0.748. The van der Waals surface area contributed by atoms with Gasteiger partial charge in [-0.15, -0.1) is 0 Å². The molecule has 1 N–H and O–H groups in total. The van der Waals surface area contributed by atoms with E-state index >= 15 is 0 Å². The van der Waals surface area contributed by atoms with E-state index in [-0.39, 0.29) is 17.8 Å². The molecule has 1 aliphatic rings. The molecule has 2 atom stereocenters. The molecule has 1 heterocycles. The van der Waals surface area contributed by atoms with E-state index in [2.05, 4.69) is 24.1 Å². The van der Waals surface area contributed by atoms with Crippen molar-refractivity contribution in [1.29, 1.82) is 0 Å². The third-order valence-corrected chi connectivity index (χ3v) is 3.55. The number of hydrogen-bond acceptors (Lipinski definition) is 3. The number of rotatable bonds is 3. The summed E-state index contributed by atoms with van der Waals surface area (Å²) in [6.45, 7) is 4.33. The van der Waals surface area contributed by atoms with Crippen molar-refractivity contribution in [1.82, 2.24) is 4.98 Å². The minimum Gasteiger partial charge on any atom is -0.472 e. The van der Waals surface area contributed by atoms with Crippen molar-refractivity contribution >= 4 is 5.82 Å². The zero-order valence-corrected chi connectivity index (χ0v) is 11.5. The van der Waals surface area contributed by atoms with Crippen molar-refractivity contribution in [3.8, 4) is 5.88 Å². The van der Waals surface area contributed by atoms with Crippen LogP contribution in [0.1, 0.15) is 33.1 Å². The monoisotopic (exact) mass is 270 g/mol. The second kappa shape index (κ2) is 5.72. The van der Waals surface area contributed by atoms with Crippen LogP contribution < -0.4 is 10.1 Å². The molecule has 0 aromatic carbocycles. The van der Waals surface area contributed by atoms with Crippen molar-refractivity contribution < 1.29 is 13.5 Å². The number of halogens is 2. The smallest absolute Gasteiger partial charge is 0.252 e. The van der Waals surface area contributed by atoms with Gasteiger partial charge in [-0.3, -0.25) is 0 Å². The van der Waals surface area contributed by atoms with E-state index in [4.69, 9.17) is 4.74 Å². The molecular formula is C14H20F2N2O. The Labute approximate surface area is 112 Å². The van der Waals surface area contributed by atoms with Crippen LogP contribution in [-0.2, 0) is 0 Å². The lowest BCUT2D eigenvalue weighted by Crippen LogP contribution is -2.29. The fourth-order valence-corrected chi connectivity index (χ4v) is 2.83. The van der Waals surface area contributed by atoms with E-state index in [1.807, 2.05) is 0 Å². The molecule has 0 amide bonds. The van der Waals surface area contributed by atoms with E-state index in [9.17, 15) is 8.78 Å². The highest BCUT2D eigenvalue weighted by Crippen LogP contribution is 2.32. The number of anilines is 1. The summed E-state index contributed by atoms with van der Waals surface area (Å²) in [5, 5.41) is 2.58. The summed E-state index contributed by atoms with van der Waals surface area (Å²) < 4.78 is 32.6. The quantitative estimate of drug-likeness (QED) is 0.911. The van der Waals surface area contributed by atoms with Crippen molar-refractivity contribution in [2.24, 2.45) is 11.8 Å². The highest BCUT2D eigenvalue weighted by atomic mass is 19.1. The number of ether oxygens (including phenoxy) is 1. The van der Waals surface area contributed by atoms with Crippen LogP contribution in [0.4, 0.5) is 14.6 Å². The number of aromatic nitrogens is 1. The van der Waals surface area contributed by atoms with Crippen LogP contribution in [-0.4, -0.2) is 18.1 Å². The fraction of sp³-hybridized carbons (Fsp3) is 0.643. The first-order valence-corrected chi connectivity index (χ1v) is 6.70. The molecular weight excluding hydrogens is 250 g/mol. The van der Waals surface area contributed by atoms with Crippen LogP contribution in [0.25, 0.3) is 0 Å². The molecule has 0 radical (unpaired) electrons. The van der Waals surface area contributed by atoms with Crippen LogP contribution >= 0.6 is 0 Å². The number of pyridine rings is 1. The predicted octanol–water partition coefficient (Wildman–Crippen LogP) is 3.61.